The smallest absolute Gasteiger partial charge is 0.164 e. The summed E-state index contributed by atoms with van der Waals surface area (Å²) in [6, 6.07) is 107. The molecule has 2 aliphatic rings. The third kappa shape index (κ3) is 8.20. The Morgan fingerprint density at radius 1 is 0.337 bits per heavy atom. The second-order valence-corrected chi connectivity index (χ2v) is 27.7. The molecule has 0 radical (unpaired) electrons. The number of fused-ring (bicyclic) bond motifs is 24. The Balaban J connectivity index is 0.907. The highest BCUT2D eigenvalue weighted by Crippen LogP contribution is 2.52. The molecule has 0 N–H and O–H groups in total. The van der Waals surface area contributed by atoms with Crippen LogP contribution in [0.15, 0.2) is 309 Å². The first kappa shape index (κ1) is 56.1. The van der Waals surface area contributed by atoms with Gasteiger partial charge >= 0.3 is 0 Å². The first-order valence-electron chi connectivity index (χ1n) is 35.2. The van der Waals surface area contributed by atoms with Gasteiger partial charge in [-0.25, -0.2) is 15.0 Å². The van der Waals surface area contributed by atoms with E-state index in [-0.39, 0.29) is 12.0 Å². The van der Waals surface area contributed by atoms with Gasteiger partial charge in [0.25, 0.3) is 0 Å². The van der Waals surface area contributed by atoms with E-state index in [1.54, 1.807) is 0 Å². The molecular weight excluding hydrogens is 1230 g/mol. The van der Waals surface area contributed by atoms with E-state index in [1.807, 2.05) is 0 Å². The van der Waals surface area contributed by atoms with Crippen LogP contribution in [0.5, 0.6) is 0 Å². The predicted octanol–water partition coefficient (Wildman–Crippen LogP) is 24.2. The van der Waals surface area contributed by atoms with Crippen molar-refractivity contribution in [1.29, 1.82) is 0 Å². The van der Waals surface area contributed by atoms with Crippen LogP contribution in [0, 0.1) is 5.92 Å². The molecule has 5 heterocycles. The summed E-state index contributed by atoms with van der Waals surface area (Å²) in [5.74, 6) is 1.65. The topological polar surface area (TPSA) is 58.4 Å². The van der Waals surface area contributed by atoms with Crippen molar-refractivity contribution < 1.29 is 0 Å². The predicted molar refractivity (Wildman–Crippen MR) is 424 cm³/mol. The number of aryl methyl sites for hydroxylation is 1. The summed E-state index contributed by atoms with van der Waals surface area (Å²) >= 11 is 0. The minimum atomic E-state index is -0.314. The molecule has 15 aromatic carbocycles. The number of rotatable bonds is 7. The summed E-state index contributed by atoms with van der Waals surface area (Å²) in [5, 5.41) is 21.6. The molecule has 2 aliphatic carbocycles. The molecule has 0 saturated heterocycles. The van der Waals surface area contributed by atoms with Crippen LogP contribution in [0.1, 0.15) is 36.3 Å². The van der Waals surface area contributed by atoms with Gasteiger partial charge in [0.15, 0.2) is 17.5 Å². The third-order valence-corrected chi connectivity index (χ3v) is 22.3. The van der Waals surface area contributed by atoms with E-state index in [4.69, 9.17) is 15.0 Å². The lowest BCUT2D eigenvalue weighted by atomic mass is 9.87. The van der Waals surface area contributed by atoms with Crippen LogP contribution in [-0.4, -0.2) is 33.2 Å². The van der Waals surface area contributed by atoms with Gasteiger partial charge < -0.3 is 18.3 Å². The van der Waals surface area contributed by atoms with Gasteiger partial charge in [0.1, 0.15) is 0 Å². The summed E-state index contributed by atoms with van der Waals surface area (Å²) in [4.78, 5) is 16.8. The largest absolute Gasteiger partial charge is 0.332 e. The number of benzene rings is 15. The number of allylic oxidation sites excluding steroid dienone is 5. The van der Waals surface area contributed by atoms with Crippen LogP contribution in [0.25, 0.3) is 193 Å². The Morgan fingerprint density at radius 3 is 1.47 bits per heavy atom. The summed E-state index contributed by atoms with van der Waals surface area (Å²) in [5.41, 5.74) is 18.2. The highest BCUT2D eigenvalue weighted by atomic mass is 15.1. The fraction of sp³-hybridized carbons (Fsp3) is 0.0532. The van der Waals surface area contributed by atoms with Crippen LogP contribution < -0.4 is 0 Å². The SMILES string of the molecule is CC1C(n2c3c4ccccc4ccc3c3ccc4c5ccc6ccccc6c5n(-c5ccccc5)c4c32)=CC(c2nc(-c3ccccc3)nc(-c3ccc4ccccc4c3)n2)=CC1n1c2ccc3c4ccc5ccccc5c4n(-c4ccc5ccccc5c4)c3c2c2ccc3c(c21)CCC=C3. The molecule has 472 valence electrons. The van der Waals surface area contributed by atoms with Gasteiger partial charge in [-0.3, -0.25) is 0 Å². The van der Waals surface area contributed by atoms with Gasteiger partial charge in [0.05, 0.1) is 50.2 Å². The average Bonchev–Trinajstić information content (AvgIpc) is 1.54. The maximum Gasteiger partial charge on any atom is 0.164 e. The molecule has 2 unspecified atom stereocenters. The number of hydrogen-bond donors (Lipinski definition) is 0. The molecule has 0 amide bonds. The summed E-state index contributed by atoms with van der Waals surface area (Å²) in [7, 11) is 0. The number of nitrogens with zero attached hydrogens (tertiary/aromatic N) is 7. The fourth-order valence-corrected chi connectivity index (χ4v) is 17.7. The van der Waals surface area contributed by atoms with Crippen molar-refractivity contribution in [3.63, 3.8) is 0 Å². The second kappa shape index (κ2) is 21.5. The molecule has 7 heteroatoms. The third-order valence-electron chi connectivity index (χ3n) is 22.3. The Hall–Kier alpha value is -13.0. The molecule has 0 spiro atoms. The van der Waals surface area contributed by atoms with Gasteiger partial charge in [0, 0.05) is 98.9 Å². The minimum Gasteiger partial charge on any atom is -0.332 e. The molecule has 0 aliphatic heterocycles. The molecule has 101 heavy (non-hydrogen) atoms. The number of para-hydroxylation sites is 1. The Bertz CT molecular complexity index is 7090. The zero-order valence-corrected chi connectivity index (χ0v) is 55.2. The average molecular weight is 1290 g/mol. The normalized spacial score (nSPS) is 15.0. The van der Waals surface area contributed by atoms with Crippen LogP contribution >= 0.6 is 0 Å². The van der Waals surface area contributed by atoms with Crippen molar-refractivity contribution in [3.8, 4) is 34.2 Å². The molecule has 0 bridgehead atoms. The van der Waals surface area contributed by atoms with E-state index < -0.39 is 0 Å². The Kier molecular flexibility index (Phi) is 11.9. The number of hydrogen-bond acceptors (Lipinski definition) is 3. The zero-order chi connectivity index (χ0) is 66.1. The van der Waals surface area contributed by atoms with Crippen molar-refractivity contribution in [1.82, 2.24) is 33.2 Å². The van der Waals surface area contributed by atoms with Gasteiger partial charge in [-0.15, -0.1) is 0 Å². The summed E-state index contributed by atoms with van der Waals surface area (Å²) in [6.45, 7) is 2.49. The molecule has 0 saturated carbocycles. The van der Waals surface area contributed by atoms with E-state index in [1.165, 1.54) is 125 Å². The molecule has 22 rings (SSSR count). The van der Waals surface area contributed by atoms with Gasteiger partial charge in [-0.2, -0.15) is 0 Å². The van der Waals surface area contributed by atoms with Gasteiger partial charge in [-0.1, -0.05) is 280 Å². The monoisotopic (exact) mass is 1290 g/mol. The van der Waals surface area contributed by atoms with Crippen LogP contribution in [0.3, 0.4) is 0 Å². The quantitative estimate of drug-likeness (QED) is 0.160. The Morgan fingerprint density at radius 2 is 0.812 bits per heavy atom. The molecule has 7 nitrogen and oxygen atoms in total. The van der Waals surface area contributed by atoms with Crippen molar-refractivity contribution in [3.05, 3.63) is 326 Å². The molecule has 5 aromatic heterocycles. The standard InChI is InChI=1S/C94H61N7/c1-56-82(100-81-51-50-77-74-44-39-60-23-13-17-33-71(60)86(74)99(69-43-38-58-21-9-11-29-65(58)53-69)89(77)84(81)80-47-42-62-25-15-19-35-73(62)88(80)100)54-67(94-96-92(63-26-4-2-5-27-63)95-93(97-94)66-37-36-57-20-8-10-28-64(57)52-66)55-83(56)101-87-72-34-18-14-24-61(72)41-46-76(87)79-49-48-78-75-45-40-59-22-12-16-32-70(59)85(75)98(90(78)91(79)101)68-30-6-3-7-31-68/h2-18,20-34,36-56,82H,19,35H2,1H3. The zero-order valence-electron chi connectivity index (χ0n) is 55.2. The molecule has 0 fully saturated rings. The lowest BCUT2D eigenvalue weighted by Gasteiger charge is -2.33. The second-order valence-electron chi connectivity index (χ2n) is 27.7. The van der Waals surface area contributed by atoms with Crippen LogP contribution in [0.2, 0.25) is 0 Å². The molecular formula is C94H61N7. The van der Waals surface area contributed by atoms with Crippen LogP contribution in [-0.2, 0) is 6.42 Å². The number of aromatic nitrogens is 7. The fourth-order valence-electron chi connectivity index (χ4n) is 17.7. The van der Waals surface area contributed by atoms with E-state index in [9.17, 15) is 0 Å². The maximum atomic E-state index is 5.73. The van der Waals surface area contributed by atoms with Gasteiger partial charge in [0.2, 0.25) is 0 Å². The first-order chi connectivity index (χ1) is 50.0. The van der Waals surface area contributed by atoms with Crippen LogP contribution in [0.4, 0.5) is 0 Å². The van der Waals surface area contributed by atoms with E-state index in [0.29, 0.717) is 17.5 Å². The van der Waals surface area contributed by atoms with Crippen molar-refractivity contribution in [2.45, 2.75) is 25.8 Å². The molecule has 2 atom stereocenters. The summed E-state index contributed by atoms with van der Waals surface area (Å²) in [6.07, 6.45) is 11.5. The van der Waals surface area contributed by atoms with E-state index in [0.717, 1.165) is 73.9 Å². The lowest BCUT2D eigenvalue weighted by Crippen LogP contribution is -2.23. The first-order valence-corrected chi connectivity index (χ1v) is 35.2. The highest BCUT2D eigenvalue weighted by molar-refractivity contribution is 6.31. The lowest BCUT2D eigenvalue weighted by molar-refractivity contribution is 0.511. The van der Waals surface area contributed by atoms with E-state index >= 15 is 0 Å². The Labute approximate surface area is 580 Å². The van der Waals surface area contributed by atoms with Crippen molar-refractivity contribution >= 4 is 158 Å². The highest BCUT2D eigenvalue weighted by Gasteiger charge is 2.36. The minimum absolute atomic E-state index is 0.183. The maximum absolute atomic E-state index is 5.73. The summed E-state index contributed by atoms with van der Waals surface area (Å²) < 4.78 is 10.6. The van der Waals surface area contributed by atoms with Crippen molar-refractivity contribution in [2.24, 2.45) is 5.92 Å². The van der Waals surface area contributed by atoms with Gasteiger partial charge in [-0.05, 0) is 104 Å². The molecule has 20 aromatic rings. The van der Waals surface area contributed by atoms with E-state index in [2.05, 4.69) is 341 Å². The van der Waals surface area contributed by atoms with Crippen molar-refractivity contribution in [2.75, 3.05) is 0 Å².